The van der Waals surface area contributed by atoms with E-state index in [4.69, 9.17) is 19.9 Å². The van der Waals surface area contributed by atoms with Gasteiger partial charge in [0, 0.05) is 98.4 Å². The Morgan fingerprint density at radius 3 is 1.48 bits per heavy atom. The molecule has 9 heteroatoms. The summed E-state index contributed by atoms with van der Waals surface area (Å²) in [5, 5.41) is 4.96. The second kappa shape index (κ2) is 22.2. The molecule has 13 aromatic carbocycles. The molecule has 0 fully saturated rings. The van der Waals surface area contributed by atoms with Crippen LogP contribution >= 0.6 is 11.3 Å². The number of anilines is 6. The first-order valence-electron chi connectivity index (χ1n) is 32.2. The summed E-state index contributed by atoms with van der Waals surface area (Å²) >= 11 is 1.86. The average molecular weight is 1230 g/mol. The van der Waals surface area contributed by atoms with E-state index in [1.165, 1.54) is 64.4 Å². The van der Waals surface area contributed by atoms with Gasteiger partial charge in [0.2, 0.25) is 0 Å². The summed E-state index contributed by atoms with van der Waals surface area (Å²) in [6.45, 7) is 0.0484. The Bertz CT molecular complexity index is 5830. The van der Waals surface area contributed by atoms with Gasteiger partial charge in [-0.25, -0.2) is 19.9 Å². The molecule has 442 valence electrons. The van der Waals surface area contributed by atoms with E-state index < -0.39 is 0 Å². The average Bonchev–Trinajstić information content (AvgIpc) is 1.60. The van der Waals surface area contributed by atoms with Crippen molar-refractivity contribution >= 4 is 111 Å². The minimum absolute atomic E-state index is 0.0484. The van der Waals surface area contributed by atoms with Crippen molar-refractivity contribution in [2.24, 2.45) is 0 Å². The summed E-state index contributed by atoms with van der Waals surface area (Å²) in [5.41, 5.74) is 25.0. The van der Waals surface area contributed by atoms with Gasteiger partial charge in [-0.3, -0.25) is 0 Å². The normalized spacial score (nSPS) is 12.4. The van der Waals surface area contributed by atoms with E-state index in [1.54, 1.807) is 0 Å². The summed E-state index contributed by atoms with van der Waals surface area (Å²) in [7, 11) is 0. The largest absolute Gasteiger partial charge is 0.311 e. The van der Waals surface area contributed by atoms with Gasteiger partial charge in [0.15, 0.2) is 11.6 Å². The number of para-hydroxylation sites is 4. The lowest BCUT2D eigenvalue weighted by Gasteiger charge is -2.44. The van der Waals surface area contributed by atoms with Crippen LogP contribution in [0.3, 0.4) is 0 Å². The molecule has 0 N–H and O–H groups in total. The maximum atomic E-state index is 5.76. The SMILES string of the molecule is c1ccc(-c2cc(-c3ccc(-n4c5ccccc5c5c6sc7ccccc7c6ccc54)c(-c4cc(-c5ccccc5)nc(-c5cccc(-c6cccc(N7c8ccccc8B8c9ccccc9N(c9ccccc9)c9cccc7c98)c6)c5)n4)c3)nc(-c3ccccc3)n2)cc1. The lowest BCUT2D eigenvalue weighted by Crippen LogP contribution is -2.61. The summed E-state index contributed by atoms with van der Waals surface area (Å²) in [6.07, 6.45) is 0. The lowest BCUT2D eigenvalue weighted by atomic mass is 9.33. The second-order valence-electron chi connectivity index (χ2n) is 24.4. The van der Waals surface area contributed by atoms with Crippen molar-refractivity contribution in [1.29, 1.82) is 0 Å². The number of benzene rings is 13. The van der Waals surface area contributed by atoms with Crippen molar-refractivity contribution in [3.05, 3.63) is 328 Å². The first kappa shape index (κ1) is 54.4. The predicted octanol–water partition coefficient (Wildman–Crippen LogP) is 20.5. The molecule has 0 saturated carbocycles. The number of thiophene rings is 1. The highest BCUT2D eigenvalue weighted by Crippen LogP contribution is 2.48. The van der Waals surface area contributed by atoms with Crippen molar-refractivity contribution in [3.8, 4) is 84.6 Å². The summed E-state index contributed by atoms with van der Waals surface area (Å²) < 4.78 is 4.99. The van der Waals surface area contributed by atoms with Gasteiger partial charge in [0.25, 0.3) is 6.71 Å². The van der Waals surface area contributed by atoms with Crippen LogP contribution in [0.2, 0.25) is 0 Å². The molecule has 0 aliphatic carbocycles. The number of fused-ring (bicyclic) bond motifs is 11. The van der Waals surface area contributed by atoms with Crippen molar-refractivity contribution in [2.45, 2.75) is 0 Å². The molecule has 0 unspecified atom stereocenters. The van der Waals surface area contributed by atoms with E-state index in [1.807, 2.05) is 35.6 Å². The van der Waals surface area contributed by atoms with Gasteiger partial charge < -0.3 is 14.4 Å². The van der Waals surface area contributed by atoms with Crippen molar-refractivity contribution in [1.82, 2.24) is 24.5 Å². The highest BCUT2D eigenvalue weighted by atomic mass is 32.1. The zero-order chi connectivity index (χ0) is 62.5. The topological polar surface area (TPSA) is 63.0 Å². The zero-order valence-corrected chi connectivity index (χ0v) is 52.1. The molecule has 0 amide bonds. The first-order chi connectivity index (χ1) is 47.1. The van der Waals surface area contributed by atoms with Crippen LogP contribution in [0, 0.1) is 0 Å². The predicted molar refractivity (Wildman–Crippen MR) is 397 cm³/mol. The summed E-state index contributed by atoms with van der Waals surface area (Å²) in [6, 6.07) is 118. The number of hydrogen-bond acceptors (Lipinski definition) is 7. The Morgan fingerprint density at radius 2 is 0.779 bits per heavy atom. The molecule has 17 aromatic rings. The molecule has 0 saturated heterocycles. The first-order valence-corrected chi connectivity index (χ1v) is 33.0. The highest BCUT2D eigenvalue weighted by Gasteiger charge is 2.43. The molecule has 19 rings (SSSR count). The Labute approximate surface area is 553 Å². The van der Waals surface area contributed by atoms with Crippen molar-refractivity contribution in [3.63, 3.8) is 0 Å². The van der Waals surface area contributed by atoms with Crippen LogP contribution in [0.4, 0.5) is 34.1 Å². The van der Waals surface area contributed by atoms with E-state index >= 15 is 0 Å². The quantitative estimate of drug-likeness (QED) is 0.127. The molecule has 95 heavy (non-hydrogen) atoms. The van der Waals surface area contributed by atoms with E-state index in [9.17, 15) is 0 Å². The monoisotopic (exact) mass is 1230 g/mol. The number of aromatic nitrogens is 5. The van der Waals surface area contributed by atoms with Gasteiger partial charge in [-0.15, -0.1) is 11.3 Å². The molecule has 2 aliphatic heterocycles. The van der Waals surface area contributed by atoms with Crippen molar-refractivity contribution in [2.75, 3.05) is 9.80 Å². The van der Waals surface area contributed by atoms with E-state index in [0.717, 1.165) is 101 Å². The number of hydrogen-bond donors (Lipinski definition) is 0. The van der Waals surface area contributed by atoms with E-state index in [0.29, 0.717) is 11.6 Å². The van der Waals surface area contributed by atoms with Gasteiger partial charge in [-0.05, 0) is 125 Å². The fourth-order valence-electron chi connectivity index (χ4n) is 14.8. The molecule has 0 atom stereocenters. The van der Waals surface area contributed by atoms with Crippen LogP contribution in [0.15, 0.2) is 328 Å². The van der Waals surface area contributed by atoms with Crippen LogP contribution in [0.5, 0.6) is 0 Å². The van der Waals surface area contributed by atoms with Crippen LogP contribution < -0.4 is 26.2 Å². The van der Waals surface area contributed by atoms with E-state index in [-0.39, 0.29) is 6.71 Å². The molecule has 2 aliphatic rings. The van der Waals surface area contributed by atoms with Crippen LogP contribution in [-0.4, -0.2) is 31.2 Å². The Hall–Kier alpha value is -12.3. The molecule has 0 spiro atoms. The fourth-order valence-corrected chi connectivity index (χ4v) is 16.0. The zero-order valence-electron chi connectivity index (χ0n) is 51.3. The lowest BCUT2D eigenvalue weighted by molar-refractivity contribution is 1.15. The molecule has 6 heterocycles. The maximum absolute atomic E-state index is 5.76. The van der Waals surface area contributed by atoms with Crippen molar-refractivity contribution < 1.29 is 0 Å². The summed E-state index contributed by atoms with van der Waals surface area (Å²) in [5.74, 6) is 1.26. The Morgan fingerprint density at radius 1 is 0.284 bits per heavy atom. The molecular weight excluding hydrogens is 1170 g/mol. The van der Waals surface area contributed by atoms with Crippen LogP contribution in [0.25, 0.3) is 127 Å². The Kier molecular flexibility index (Phi) is 12.7. The highest BCUT2D eigenvalue weighted by molar-refractivity contribution is 7.26. The van der Waals surface area contributed by atoms with Gasteiger partial charge in [0.05, 0.1) is 39.5 Å². The molecule has 0 radical (unpaired) electrons. The van der Waals surface area contributed by atoms with E-state index in [2.05, 4.69) is 318 Å². The fraction of sp³-hybridized carbons (Fsp3) is 0. The number of rotatable bonds is 10. The Balaban J connectivity index is 0.793. The van der Waals surface area contributed by atoms with Crippen LogP contribution in [-0.2, 0) is 0 Å². The van der Waals surface area contributed by atoms with Crippen LogP contribution in [0.1, 0.15) is 0 Å². The molecule has 0 bridgehead atoms. The molecular formula is C86H54BN7S. The smallest absolute Gasteiger partial charge is 0.252 e. The molecule has 7 nitrogen and oxygen atoms in total. The third kappa shape index (κ3) is 9.03. The minimum Gasteiger partial charge on any atom is -0.311 e. The third-order valence-corrected chi connectivity index (χ3v) is 20.2. The van der Waals surface area contributed by atoms with Gasteiger partial charge in [-0.2, -0.15) is 0 Å². The van der Waals surface area contributed by atoms with Gasteiger partial charge in [0.1, 0.15) is 0 Å². The maximum Gasteiger partial charge on any atom is 0.252 e. The molecule has 4 aromatic heterocycles. The minimum atomic E-state index is 0.0484. The summed E-state index contributed by atoms with van der Waals surface area (Å²) in [4.78, 5) is 26.8. The standard InChI is InChI=1S/C86H54BN7S/c1-5-24-55(25-6-1)70-53-72(90-85(88-70)57-28-9-3-10-29-57)60-46-48-75(94-74-40-17-13-37-66(74)82-78(94)49-47-65-64-36-14-20-45-81(64)95-84(65)82)67(52-60)73-54-71(56-26-7-2-8-27-56)89-86(91-73)61-32-21-30-58(50-61)59-31-22-35-63(51-59)93-77-42-19-16-39-69(77)87-68-38-15-18-41-76(68)92(62-33-11-4-12-34-62)79-43-23-44-80(93)83(79)87/h1-54H. The third-order valence-electron chi connectivity index (χ3n) is 19.0. The van der Waals surface area contributed by atoms with Gasteiger partial charge in [-0.1, -0.05) is 231 Å². The number of nitrogens with zero attached hydrogens (tertiary/aromatic N) is 7. The second-order valence-corrected chi connectivity index (χ2v) is 25.5. The van der Waals surface area contributed by atoms with Gasteiger partial charge >= 0.3 is 0 Å².